The number of aryl methyl sites for hydroxylation is 2. The van der Waals surface area contributed by atoms with Crippen LogP contribution in [0.15, 0.2) is 51.7 Å². The standard InChI is InChI=1S/C21H16Cl2O4/c1-12-3-6-16-15(10-20(25)27-21(16)13(12)2)11-26-19(24)8-5-14-4-7-17(22)18(23)9-14/h3-10H,11H2,1-2H3. The minimum Gasteiger partial charge on any atom is -0.458 e. The molecule has 0 atom stereocenters. The van der Waals surface area contributed by atoms with Crippen molar-refractivity contribution in [2.45, 2.75) is 20.5 Å². The molecule has 1 heterocycles. The van der Waals surface area contributed by atoms with E-state index in [0.29, 0.717) is 21.2 Å². The highest BCUT2D eigenvalue weighted by Crippen LogP contribution is 2.24. The van der Waals surface area contributed by atoms with Gasteiger partial charge >= 0.3 is 11.6 Å². The number of benzene rings is 2. The Morgan fingerprint density at radius 1 is 1.11 bits per heavy atom. The van der Waals surface area contributed by atoms with E-state index in [1.54, 1.807) is 24.3 Å². The van der Waals surface area contributed by atoms with Crippen LogP contribution in [-0.4, -0.2) is 5.97 Å². The summed E-state index contributed by atoms with van der Waals surface area (Å²) in [6.45, 7) is 3.79. The van der Waals surface area contributed by atoms with Crippen molar-refractivity contribution < 1.29 is 13.9 Å². The second-order valence-corrected chi connectivity index (χ2v) is 6.90. The maximum atomic E-state index is 12.0. The predicted molar refractivity (Wildman–Crippen MR) is 107 cm³/mol. The molecule has 3 aromatic rings. The van der Waals surface area contributed by atoms with E-state index in [1.807, 2.05) is 26.0 Å². The van der Waals surface area contributed by atoms with E-state index < -0.39 is 11.6 Å². The Morgan fingerprint density at radius 3 is 2.63 bits per heavy atom. The number of fused-ring (bicyclic) bond motifs is 1. The number of hydrogen-bond acceptors (Lipinski definition) is 4. The molecule has 2 aromatic carbocycles. The lowest BCUT2D eigenvalue weighted by atomic mass is 10.0. The summed E-state index contributed by atoms with van der Waals surface area (Å²) in [5.74, 6) is -0.536. The van der Waals surface area contributed by atoms with Crippen LogP contribution >= 0.6 is 23.2 Å². The molecule has 27 heavy (non-hydrogen) atoms. The van der Waals surface area contributed by atoms with Gasteiger partial charge in [0.25, 0.3) is 0 Å². The van der Waals surface area contributed by atoms with Crippen molar-refractivity contribution in [3.8, 4) is 0 Å². The van der Waals surface area contributed by atoms with Gasteiger partial charge in [-0.15, -0.1) is 0 Å². The summed E-state index contributed by atoms with van der Waals surface area (Å²) in [6.07, 6.45) is 2.87. The Hall–Kier alpha value is -2.56. The maximum Gasteiger partial charge on any atom is 0.336 e. The van der Waals surface area contributed by atoms with Crippen LogP contribution in [0.1, 0.15) is 22.3 Å². The Bertz CT molecular complexity index is 1110. The zero-order valence-electron chi connectivity index (χ0n) is 14.7. The zero-order chi connectivity index (χ0) is 19.6. The number of carbonyl (C=O) groups is 1. The lowest BCUT2D eigenvalue weighted by molar-refractivity contribution is -0.138. The number of rotatable bonds is 4. The van der Waals surface area contributed by atoms with Crippen molar-refractivity contribution in [2.24, 2.45) is 0 Å². The number of esters is 1. The first kappa shape index (κ1) is 19.2. The summed E-state index contributed by atoms with van der Waals surface area (Å²) in [7, 11) is 0. The molecular weight excluding hydrogens is 387 g/mol. The van der Waals surface area contributed by atoms with Crippen LogP contribution in [0.2, 0.25) is 10.0 Å². The zero-order valence-corrected chi connectivity index (χ0v) is 16.2. The van der Waals surface area contributed by atoms with E-state index in [4.69, 9.17) is 32.4 Å². The quantitative estimate of drug-likeness (QED) is 0.329. The fourth-order valence-corrected chi connectivity index (χ4v) is 2.93. The predicted octanol–water partition coefficient (Wildman–Crippen LogP) is 5.47. The molecule has 0 radical (unpaired) electrons. The second-order valence-electron chi connectivity index (χ2n) is 6.09. The first-order valence-electron chi connectivity index (χ1n) is 8.18. The van der Waals surface area contributed by atoms with Gasteiger partial charge in [-0.2, -0.15) is 0 Å². The highest BCUT2D eigenvalue weighted by atomic mass is 35.5. The molecule has 0 unspecified atom stereocenters. The lowest BCUT2D eigenvalue weighted by Crippen LogP contribution is -2.06. The highest BCUT2D eigenvalue weighted by molar-refractivity contribution is 6.42. The van der Waals surface area contributed by atoms with E-state index in [0.717, 1.165) is 22.1 Å². The minimum atomic E-state index is -0.536. The van der Waals surface area contributed by atoms with Crippen molar-refractivity contribution in [1.29, 1.82) is 0 Å². The Balaban J connectivity index is 1.77. The summed E-state index contributed by atoms with van der Waals surface area (Å²) >= 11 is 11.8. The molecule has 138 valence electrons. The summed E-state index contributed by atoms with van der Waals surface area (Å²) in [6, 6.07) is 10.2. The highest BCUT2D eigenvalue weighted by Gasteiger charge is 2.11. The van der Waals surface area contributed by atoms with E-state index >= 15 is 0 Å². The molecule has 0 saturated heterocycles. The SMILES string of the molecule is Cc1ccc2c(COC(=O)C=Cc3ccc(Cl)c(Cl)c3)cc(=O)oc2c1C. The molecule has 0 N–H and O–H groups in total. The molecule has 6 heteroatoms. The Kier molecular flexibility index (Phi) is 5.68. The average molecular weight is 403 g/mol. The van der Waals surface area contributed by atoms with E-state index in [2.05, 4.69) is 0 Å². The number of hydrogen-bond donors (Lipinski definition) is 0. The van der Waals surface area contributed by atoms with Crippen LogP contribution in [0, 0.1) is 13.8 Å². The Morgan fingerprint density at radius 2 is 1.89 bits per heavy atom. The molecule has 3 rings (SSSR count). The number of ether oxygens (including phenoxy) is 1. The molecule has 0 saturated carbocycles. The van der Waals surface area contributed by atoms with Gasteiger partial charge in [0.05, 0.1) is 10.0 Å². The van der Waals surface area contributed by atoms with Gasteiger partial charge in [-0.1, -0.05) is 41.4 Å². The fraction of sp³-hybridized carbons (Fsp3) is 0.143. The third-order valence-corrected chi connectivity index (χ3v) is 4.98. The van der Waals surface area contributed by atoms with Gasteiger partial charge in [0.2, 0.25) is 0 Å². The summed E-state index contributed by atoms with van der Waals surface area (Å²) in [4.78, 5) is 23.9. The van der Waals surface area contributed by atoms with Gasteiger partial charge < -0.3 is 9.15 Å². The summed E-state index contributed by atoms with van der Waals surface area (Å²) in [5.41, 5.74) is 3.26. The van der Waals surface area contributed by atoms with Crippen molar-refractivity contribution in [3.05, 3.63) is 85.2 Å². The number of halogens is 2. The van der Waals surface area contributed by atoms with Crippen LogP contribution in [-0.2, 0) is 16.1 Å². The van der Waals surface area contributed by atoms with Crippen molar-refractivity contribution in [3.63, 3.8) is 0 Å². The Labute approximate surface area is 166 Å². The monoisotopic (exact) mass is 402 g/mol. The van der Waals surface area contributed by atoms with Gasteiger partial charge in [0.1, 0.15) is 12.2 Å². The molecule has 1 aromatic heterocycles. The van der Waals surface area contributed by atoms with E-state index in [9.17, 15) is 9.59 Å². The molecule has 0 spiro atoms. The van der Waals surface area contributed by atoms with Crippen LogP contribution in [0.4, 0.5) is 0 Å². The molecule has 0 aliphatic carbocycles. The van der Waals surface area contributed by atoms with Crippen LogP contribution in [0.3, 0.4) is 0 Å². The first-order chi connectivity index (χ1) is 12.8. The van der Waals surface area contributed by atoms with Crippen molar-refractivity contribution in [2.75, 3.05) is 0 Å². The lowest BCUT2D eigenvalue weighted by Gasteiger charge is -2.09. The van der Waals surface area contributed by atoms with Gasteiger partial charge in [-0.3, -0.25) is 0 Å². The van der Waals surface area contributed by atoms with Gasteiger partial charge in [-0.25, -0.2) is 9.59 Å². The van der Waals surface area contributed by atoms with E-state index in [1.165, 1.54) is 12.1 Å². The van der Waals surface area contributed by atoms with Gasteiger partial charge in [-0.05, 0) is 48.7 Å². The summed E-state index contributed by atoms with van der Waals surface area (Å²) < 4.78 is 10.6. The third kappa shape index (κ3) is 4.41. The molecular formula is C21H16Cl2O4. The fourth-order valence-electron chi connectivity index (χ4n) is 2.62. The van der Waals surface area contributed by atoms with Crippen molar-refractivity contribution in [1.82, 2.24) is 0 Å². The van der Waals surface area contributed by atoms with Crippen LogP contribution < -0.4 is 5.63 Å². The minimum absolute atomic E-state index is 0.0326. The summed E-state index contributed by atoms with van der Waals surface area (Å²) in [5, 5.41) is 1.59. The van der Waals surface area contributed by atoms with Gasteiger partial charge in [0.15, 0.2) is 0 Å². The molecule has 0 bridgehead atoms. The largest absolute Gasteiger partial charge is 0.458 e. The molecule has 0 amide bonds. The topological polar surface area (TPSA) is 56.5 Å². The average Bonchev–Trinajstić information content (AvgIpc) is 2.64. The molecule has 0 aliphatic rings. The molecule has 0 aliphatic heterocycles. The van der Waals surface area contributed by atoms with Crippen LogP contribution in [0.5, 0.6) is 0 Å². The van der Waals surface area contributed by atoms with Gasteiger partial charge in [0, 0.05) is 23.1 Å². The number of carbonyl (C=O) groups excluding carboxylic acids is 1. The second kappa shape index (κ2) is 7.99. The smallest absolute Gasteiger partial charge is 0.336 e. The molecule has 4 nitrogen and oxygen atoms in total. The van der Waals surface area contributed by atoms with Crippen molar-refractivity contribution >= 4 is 46.2 Å². The molecule has 0 fully saturated rings. The van der Waals surface area contributed by atoms with E-state index in [-0.39, 0.29) is 6.61 Å². The third-order valence-electron chi connectivity index (χ3n) is 4.24. The normalized spacial score (nSPS) is 11.3. The van der Waals surface area contributed by atoms with Crippen LogP contribution in [0.25, 0.3) is 17.0 Å². The maximum absolute atomic E-state index is 12.0. The first-order valence-corrected chi connectivity index (χ1v) is 8.93.